The summed E-state index contributed by atoms with van der Waals surface area (Å²) in [5.41, 5.74) is 0. The number of likely N-dealkylation sites (tertiary alicyclic amines) is 1. The largest absolute Gasteiger partial charge is 0.296 e. The Morgan fingerprint density at radius 3 is 2.65 bits per heavy atom. The first-order valence-electron chi connectivity index (χ1n) is 6.92. The lowest BCUT2D eigenvalue weighted by Crippen LogP contribution is -2.44. The lowest BCUT2D eigenvalue weighted by atomic mass is 10.1. The summed E-state index contributed by atoms with van der Waals surface area (Å²) < 4.78 is 26.9. The highest BCUT2D eigenvalue weighted by atomic mass is 32.2. The maximum Gasteiger partial charge on any atom is 0.208 e. The molecule has 0 amide bonds. The Labute approximate surface area is 119 Å². The summed E-state index contributed by atoms with van der Waals surface area (Å²) in [4.78, 5) is 2.26. The van der Waals surface area contributed by atoms with Crippen LogP contribution < -0.4 is 4.72 Å². The van der Waals surface area contributed by atoms with Crippen LogP contribution in [0.2, 0.25) is 0 Å². The first kappa shape index (κ1) is 15.3. The smallest absolute Gasteiger partial charge is 0.208 e. The van der Waals surface area contributed by atoms with Gasteiger partial charge in [0.25, 0.3) is 0 Å². The molecule has 114 valence electrons. The van der Waals surface area contributed by atoms with Crippen molar-refractivity contribution in [2.75, 3.05) is 19.3 Å². The topological polar surface area (TPSA) is 93.0 Å². The SMILES string of the molecule is CCCn1nnnc1CN1CCC(NS(C)(=O)=O)CC1. The first-order chi connectivity index (χ1) is 9.48. The Bertz CT molecular complexity index is 521. The van der Waals surface area contributed by atoms with Gasteiger partial charge in [0.05, 0.1) is 12.8 Å². The fraction of sp³-hybridized carbons (Fsp3) is 0.909. The van der Waals surface area contributed by atoms with Crippen LogP contribution in [0.1, 0.15) is 32.0 Å². The van der Waals surface area contributed by atoms with Crippen molar-refractivity contribution < 1.29 is 8.42 Å². The van der Waals surface area contributed by atoms with E-state index in [1.165, 1.54) is 6.26 Å². The molecule has 1 fully saturated rings. The molecule has 0 saturated carbocycles. The summed E-state index contributed by atoms with van der Waals surface area (Å²) in [6.07, 6.45) is 3.85. The van der Waals surface area contributed by atoms with Gasteiger partial charge in [-0.15, -0.1) is 5.10 Å². The van der Waals surface area contributed by atoms with E-state index in [2.05, 4.69) is 32.1 Å². The standard InChI is InChI=1S/C11H22N6O2S/c1-3-6-17-11(12-14-15-17)9-16-7-4-10(5-8-16)13-20(2,18)19/h10,13H,3-9H2,1-2H3. The molecule has 2 rings (SSSR count). The number of piperidine rings is 1. The summed E-state index contributed by atoms with van der Waals surface area (Å²) in [5, 5.41) is 11.7. The molecule has 1 aliphatic heterocycles. The maximum atomic E-state index is 11.2. The Morgan fingerprint density at radius 1 is 1.35 bits per heavy atom. The number of nitrogens with one attached hydrogen (secondary N) is 1. The van der Waals surface area contributed by atoms with E-state index in [9.17, 15) is 8.42 Å². The van der Waals surface area contributed by atoms with Crippen molar-refractivity contribution >= 4 is 10.0 Å². The van der Waals surface area contributed by atoms with Crippen LogP contribution in [-0.4, -0.2) is 58.9 Å². The van der Waals surface area contributed by atoms with Gasteiger partial charge < -0.3 is 0 Å². The Morgan fingerprint density at radius 2 is 2.05 bits per heavy atom. The van der Waals surface area contributed by atoms with Gasteiger partial charge in [-0.05, 0) is 29.7 Å². The van der Waals surface area contributed by atoms with Crippen LogP contribution in [0.25, 0.3) is 0 Å². The molecule has 0 atom stereocenters. The summed E-state index contributed by atoms with van der Waals surface area (Å²) in [6, 6.07) is 0.0490. The highest BCUT2D eigenvalue weighted by Gasteiger charge is 2.22. The fourth-order valence-corrected chi connectivity index (χ4v) is 3.27. The van der Waals surface area contributed by atoms with Crippen LogP contribution in [0.4, 0.5) is 0 Å². The Hall–Kier alpha value is -1.06. The normalized spacial score (nSPS) is 18.5. The van der Waals surface area contributed by atoms with Crippen molar-refractivity contribution in [1.29, 1.82) is 0 Å². The number of rotatable bonds is 6. The van der Waals surface area contributed by atoms with Gasteiger partial charge in [0.2, 0.25) is 10.0 Å². The minimum Gasteiger partial charge on any atom is -0.296 e. The third kappa shape index (κ3) is 4.50. The van der Waals surface area contributed by atoms with E-state index in [1.54, 1.807) is 0 Å². The van der Waals surface area contributed by atoms with Crippen LogP contribution in [0.5, 0.6) is 0 Å². The molecule has 1 saturated heterocycles. The summed E-state index contributed by atoms with van der Waals surface area (Å²) >= 11 is 0. The number of hydrogen-bond donors (Lipinski definition) is 1. The summed E-state index contributed by atoms with van der Waals surface area (Å²) in [5.74, 6) is 0.876. The minimum absolute atomic E-state index is 0.0490. The van der Waals surface area contributed by atoms with Crippen molar-refractivity contribution in [2.45, 2.75) is 45.3 Å². The number of sulfonamides is 1. The molecule has 0 radical (unpaired) electrons. The predicted molar refractivity (Wildman–Crippen MR) is 74.4 cm³/mol. The van der Waals surface area contributed by atoms with Crippen LogP contribution in [0, 0.1) is 0 Å². The van der Waals surface area contributed by atoms with E-state index in [-0.39, 0.29) is 6.04 Å². The number of aryl methyl sites for hydroxylation is 1. The van der Waals surface area contributed by atoms with Gasteiger partial charge in [-0.3, -0.25) is 4.90 Å². The Balaban J connectivity index is 1.83. The lowest BCUT2D eigenvalue weighted by molar-refractivity contribution is 0.192. The van der Waals surface area contributed by atoms with Crippen molar-refractivity contribution in [2.24, 2.45) is 0 Å². The predicted octanol–water partition coefficient (Wildman–Crippen LogP) is -0.403. The van der Waals surface area contributed by atoms with E-state index in [4.69, 9.17) is 0 Å². The third-order valence-electron chi connectivity index (χ3n) is 3.37. The zero-order valence-corrected chi connectivity index (χ0v) is 12.8. The van der Waals surface area contributed by atoms with E-state index < -0.39 is 10.0 Å². The van der Waals surface area contributed by atoms with Gasteiger partial charge >= 0.3 is 0 Å². The summed E-state index contributed by atoms with van der Waals surface area (Å²) in [6.45, 7) is 5.35. The van der Waals surface area contributed by atoms with Crippen LogP contribution >= 0.6 is 0 Å². The molecule has 1 aromatic rings. The molecule has 20 heavy (non-hydrogen) atoms. The van der Waals surface area contributed by atoms with E-state index >= 15 is 0 Å². The average molecular weight is 302 g/mol. The maximum absolute atomic E-state index is 11.2. The molecule has 0 aliphatic carbocycles. The molecule has 1 aliphatic rings. The number of hydrogen-bond acceptors (Lipinski definition) is 6. The molecule has 8 nitrogen and oxygen atoms in total. The van der Waals surface area contributed by atoms with E-state index in [1.807, 2.05) is 4.68 Å². The van der Waals surface area contributed by atoms with E-state index in [0.717, 1.165) is 51.3 Å². The zero-order chi connectivity index (χ0) is 14.6. The molecule has 0 bridgehead atoms. The van der Waals surface area contributed by atoms with Crippen LogP contribution in [0.15, 0.2) is 0 Å². The van der Waals surface area contributed by atoms with E-state index in [0.29, 0.717) is 0 Å². The zero-order valence-electron chi connectivity index (χ0n) is 12.0. The molecule has 0 spiro atoms. The third-order valence-corrected chi connectivity index (χ3v) is 4.14. The highest BCUT2D eigenvalue weighted by molar-refractivity contribution is 7.88. The second-order valence-electron chi connectivity index (χ2n) is 5.26. The van der Waals surface area contributed by atoms with Crippen molar-refractivity contribution in [1.82, 2.24) is 29.8 Å². The highest BCUT2D eigenvalue weighted by Crippen LogP contribution is 2.13. The van der Waals surface area contributed by atoms with Gasteiger partial charge in [0, 0.05) is 25.7 Å². The minimum atomic E-state index is -3.11. The Kier molecular flexibility index (Phi) is 5.06. The molecular formula is C11H22N6O2S. The first-order valence-corrected chi connectivity index (χ1v) is 8.82. The molecule has 1 N–H and O–H groups in total. The molecular weight excluding hydrogens is 280 g/mol. The second-order valence-corrected chi connectivity index (χ2v) is 7.04. The van der Waals surface area contributed by atoms with Crippen LogP contribution in [-0.2, 0) is 23.1 Å². The number of tetrazole rings is 1. The van der Waals surface area contributed by atoms with Gasteiger partial charge in [0.15, 0.2) is 5.82 Å². The second kappa shape index (κ2) is 6.59. The van der Waals surface area contributed by atoms with Gasteiger partial charge in [-0.1, -0.05) is 6.92 Å². The molecule has 2 heterocycles. The number of aromatic nitrogens is 4. The molecule has 0 unspecified atom stereocenters. The lowest BCUT2D eigenvalue weighted by Gasteiger charge is -2.31. The number of nitrogens with zero attached hydrogens (tertiary/aromatic N) is 5. The van der Waals surface area contributed by atoms with Gasteiger partial charge in [-0.2, -0.15) is 0 Å². The summed E-state index contributed by atoms with van der Waals surface area (Å²) in [7, 11) is -3.11. The van der Waals surface area contributed by atoms with Crippen molar-refractivity contribution in [3.63, 3.8) is 0 Å². The van der Waals surface area contributed by atoms with Gasteiger partial charge in [0.1, 0.15) is 0 Å². The van der Waals surface area contributed by atoms with Crippen molar-refractivity contribution in [3.8, 4) is 0 Å². The van der Waals surface area contributed by atoms with Gasteiger partial charge in [-0.25, -0.2) is 17.8 Å². The quantitative estimate of drug-likeness (QED) is 0.768. The monoisotopic (exact) mass is 302 g/mol. The molecule has 9 heteroatoms. The van der Waals surface area contributed by atoms with Crippen LogP contribution in [0.3, 0.4) is 0 Å². The molecule has 0 aromatic carbocycles. The average Bonchev–Trinajstić information content (AvgIpc) is 2.78. The van der Waals surface area contributed by atoms with Crippen molar-refractivity contribution in [3.05, 3.63) is 5.82 Å². The molecule has 1 aromatic heterocycles. The fourth-order valence-electron chi connectivity index (χ4n) is 2.43.